The van der Waals surface area contributed by atoms with Crippen molar-refractivity contribution in [1.29, 1.82) is 0 Å². The molecule has 0 radical (unpaired) electrons. The first-order valence-electron chi connectivity index (χ1n) is 6.07. The average molecular weight is 223 g/mol. The summed E-state index contributed by atoms with van der Waals surface area (Å²) in [5, 5.41) is 4.14. The Morgan fingerprint density at radius 1 is 1.31 bits per heavy atom. The molecule has 1 aromatic rings. The molecule has 3 nitrogen and oxygen atoms in total. The van der Waals surface area contributed by atoms with Gasteiger partial charge in [-0.2, -0.15) is 0 Å². The van der Waals surface area contributed by atoms with Crippen molar-refractivity contribution in [2.45, 2.75) is 39.5 Å². The number of aromatic nitrogens is 1. The van der Waals surface area contributed by atoms with Crippen LogP contribution in [0.15, 0.2) is 16.9 Å². The van der Waals surface area contributed by atoms with E-state index in [1.165, 1.54) is 0 Å². The van der Waals surface area contributed by atoms with Gasteiger partial charge in [-0.1, -0.05) is 25.9 Å². The molecule has 1 unspecified atom stereocenters. The molecular weight excluding hydrogens is 202 g/mol. The molecule has 90 valence electrons. The van der Waals surface area contributed by atoms with Gasteiger partial charge in [-0.3, -0.25) is 0 Å². The molecule has 0 N–H and O–H groups in total. The van der Waals surface area contributed by atoms with Crippen LogP contribution in [0.2, 0.25) is 0 Å². The summed E-state index contributed by atoms with van der Waals surface area (Å²) in [6, 6.07) is 2.01. The second-order valence-corrected chi connectivity index (χ2v) is 5.72. The van der Waals surface area contributed by atoms with Crippen LogP contribution in [0.25, 0.3) is 0 Å². The van der Waals surface area contributed by atoms with Crippen LogP contribution in [0.5, 0.6) is 0 Å². The lowest BCUT2D eigenvalue weighted by Gasteiger charge is -2.37. The van der Waals surface area contributed by atoms with Gasteiger partial charge in [0.2, 0.25) is 0 Å². The summed E-state index contributed by atoms with van der Waals surface area (Å²) in [7, 11) is 0. The summed E-state index contributed by atoms with van der Waals surface area (Å²) in [5.41, 5.74) is 1.32. The summed E-state index contributed by atoms with van der Waals surface area (Å²) in [4.78, 5) is 0. The lowest BCUT2D eigenvalue weighted by molar-refractivity contribution is 0.0405. The molecule has 1 aromatic heterocycles. The Bertz CT molecular complexity index is 307. The minimum Gasteiger partial charge on any atom is -0.381 e. The normalized spacial score (nSPS) is 20.9. The molecule has 1 aliphatic rings. The minimum absolute atomic E-state index is 0.221. The molecule has 2 rings (SSSR count). The maximum Gasteiger partial charge on any atom is 0.124 e. The fraction of sp³-hybridized carbons (Fsp3) is 0.769. The highest BCUT2D eigenvalue weighted by Crippen LogP contribution is 2.43. The topological polar surface area (TPSA) is 35.3 Å². The first-order chi connectivity index (χ1) is 7.59. The third-order valence-corrected chi connectivity index (χ3v) is 3.45. The number of rotatable bonds is 2. The van der Waals surface area contributed by atoms with E-state index in [2.05, 4.69) is 25.9 Å². The third kappa shape index (κ3) is 2.46. The van der Waals surface area contributed by atoms with Crippen LogP contribution in [-0.2, 0) is 4.74 Å². The summed E-state index contributed by atoms with van der Waals surface area (Å²) >= 11 is 0. The standard InChI is InChI=1S/C13H21NO2/c1-13(2,3)12(11-6-9-16-14-11)10-4-7-15-8-5-10/h6,9-10,12H,4-5,7-8H2,1-3H3. The summed E-state index contributed by atoms with van der Waals surface area (Å²) < 4.78 is 10.4. The van der Waals surface area contributed by atoms with E-state index >= 15 is 0 Å². The Morgan fingerprint density at radius 3 is 2.50 bits per heavy atom. The monoisotopic (exact) mass is 223 g/mol. The van der Waals surface area contributed by atoms with Gasteiger partial charge in [0.25, 0.3) is 0 Å². The van der Waals surface area contributed by atoms with Gasteiger partial charge in [0, 0.05) is 25.2 Å². The average Bonchev–Trinajstić information content (AvgIpc) is 2.71. The molecule has 0 spiro atoms. The highest BCUT2D eigenvalue weighted by Gasteiger charge is 2.36. The SMILES string of the molecule is CC(C)(C)C(c1ccon1)C1CCOCC1. The smallest absolute Gasteiger partial charge is 0.124 e. The van der Waals surface area contributed by atoms with Crippen LogP contribution >= 0.6 is 0 Å². The largest absolute Gasteiger partial charge is 0.381 e. The summed E-state index contributed by atoms with van der Waals surface area (Å²) in [6.45, 7) is 8.61. The van der Waals surface area contributed by atoms with E-state index in [0.717, 1.165) is 31.7 Å². The van der Waals surface area contributed by atoms with Crippen molar-refractivity contribution >= 4 is 0 Å². The molecule has 0 saturated carbocycles. The highest BCUT2D eigenvalue weighted by atomic mass is 16.5. The Kier molecular flexibility index (Phi) is 3.33. The second kappa shape index (κ2) is 4.58. The van der Waals surface area contributed by atoms with Gasteiger partial charge in [0.15, 0.2) is 0 Å². The van der Waals surface area contributed by atoms with Crippen LogP contribution in [0.4, 0.5) is 0 Å². The van der Waals surface area contributed by atoms with Crippen LogP contribution in [-0.4, -0.2) is 18.4 Å². The first-order valence-corrected chi connectivity index (χ1v) is 6.07. The van der Waals surface area contributed by atoms with Crippen molar-refractivity contribution in [3.05, 3.63) is 18.0 Å². The van der Waals surface area contributed by atoms with Crippen molar-refractivity contribution < 1.29 is 9.26 Å². The molecule has 16 heavy (non-hydrogen) atoms. The predicted molar refractivity (Wildman–Crippen MR) is 62.2 cm³/mol. The first kappa shape index (κ1) is 11.6. The van der Waals surface area contributed by atoms with E-state index in [1.807, 2.05) is 6.07 Å². The van der Waals surface area contributed by atoms with Crippen molar-refractivity contribution in [2.24, 2.45) is 11.3 Å². The van der Waals surface area contributed by atoms with Gasteiger partial charge < -0.3 is 9.26 Å². The summed E-state index contributed by atoms with van der Waals surface area (Å²) in [6.07, 6.45) is 3.94. The van der Waals surface area contributed by atoms with Gasteiger partial charge in [-0.15, -0.1) is 0 Å². The Morgan fingerprint density at radius 2 is 2.00 bits per heavy atom. The predicted octanol–water partition coefficient (Wildman–Crippen LogP) is 3.23. The van der Waals surface area contributed by atoms with Crippen molar-refractivity contribution in [1.82, 2.24) is 5.16 Å². The Labute approximate surface area is 97.2 Å². The zero-order valence-electron chi connectivity index (χ0n) is 10.4. The van der Waals surface area contributed by atoms with E-state index in [0.29, 0.717) is 11.8 Å². The quantitative estimate of drug-likeness (QED) is 0.772. The molecule has 2 heterocycles. The number of nitrogens with zero attached hydrogens (tertiary/aromatic N) is 1. The van der Waals surface area contributed by atoms with Gasteiger partial charge in [0.1, 0.15) is 6.26 Å². The lowest BCUT2D eigenvalue weighted by Crippen LogP contribution is -2.30. The number of hydrogen-bond donors (Lipinski definition) is 0. The fourth-order valence-electron chi connectivity index (χ4n) is 2.82. The van der Waals surface area contributed by atoms with E-state index in [-0.39, 0.29) is 5.41 Å². The van der Waals surface area contributed by atoms with Gasteiger partial charge in [-0.05, 0) is 24.2 Å². The summed E-state index contributed by atoms with van der Waals surface area (Å²) in [5.74, 6) is 1.13. The van der Waals surface area contributed by atoms with E-state index in [9.17, 15) is 0 Å². The van der Waals surface area contributed by atoms with Crippen molar-refractivity contribution in [3.8, 4) is 0 Å². The van der Waals surface area contributed by atoms with Crippen molar-refractivity contribution in [3.63, 3.8) is 0 Å². The number of hydrogen-bond acceptors (Lipinski definition) is 3. The van der Waals surface area contributed by atoms with E-state index < -0.39 is 0 Å². The van der Waals surface area contributed by atoms with E-state index in [4.69, 9.17) is 9.26 Å². The highest BCUT2D eigenvalue weighted by molar-refractivity contribution is 5.10. The molecule has 3 heteroatoms. The molecule has 1 saturated heterocycles. The van der Waals surface area contributed by atoms with Gasteiger partial charge in [-0.25, -0.2) is 0 Å². The minimum atomic E-state index is 0.221. The lowest BCUT2D eigenvalue weighted by atomic mass is 9.69. The Balaban J connectivity index is 2.21. The molecular formula is C13H21NO2. The maximum atomic E-state index is 5.44. The van der Waals surface area contributed by atoms with Crippen LogP contribution in [0, 0.1) is 11.3 Å². The van der Waals surface area contributed by atoms with E-state index in [1.54, 1.807) is 6.26 Å². The maximum absolute atomic E-state index is 5.44. The molecule has 1 fully saturated rings. The third-order valence-electron chi connectivity index (χ3n) is 3.45. The molecule has 0 bridgehead atoms. The van der Waals surface area contributed by atoms with Crippen LogP contribution in [0.3, 0.4) is 0 Å². The van der Waals surface area contributed by atoms with Crippen molar-refractivity contribution in [2.75, 3.05) is 13.2 Å². The zero-order valence-corrected chi connectivity index (χ0v) is 10.4. The fourth-order valence-corrected chi connectivity index (χ4v) is 2.82. The Hall–Kier alpha value is -0.830. The molecule has 0 aromatic carbocycles. The molecule has 1 atom stereocenters. The molecule has 0 amide bonds. The number of ether oxygens (including phenoxy) is 1. The van der Waals surface area contributed by atoms with Crippen LogP contribution in [0.1, 0.15) is 45.2 Å². The second-order valence-electron chi connectivity index (χ2n) is 5.72. The molecule has 0 aliphatic carbocycles. The van der Waals surface area contributed by atoms with Gasteiger partial charge >= 0.3 is 0 Å². The molecule has 1 aliphatic heterocycles. The van der Waals surface area contributed by atoms with Gasteiger partial charge in [0.05, 0.1) is 5.69 Å². The zero-order chi connectivity index (χ0) is 11.6. The van der Waals surface area contributed by atoms with Crippen LogP contribution < -0.4 is 0 Å².